The molecule has 3 aromatic carbocycles. The summed E-state index contributed by atoms with van der Waals surface area (Å²) in [5.74, 6) is 0. The summed E-state index contributed by atoms with van der Waals surface area (Å²) in [4.78, 5) is -0.430. The second-order valence-electron chi connectivity index (χ2n) is 5.74. The van der Waals surface area contributed by atoms with Crippen molar-refractivity contribution >= 4 is 44.5 Å². The first-order valence-corrected chi connectivity index (χ1v) is 10.7. The van der Waals surface area contributed by atoms with Crippen LogP contribution in [-0.4, -0.2) is 13.0 Å². The quantitative estimate of drug-likeness (QED) is 0.231. The molecule has 6 nitrogen and oxygen atoms in total. The van der Waals surface area contributed by atoms with Gasteiger partial charge >= 0.3 is 29.6 Å². The van der Waals surface area contributed by atoms with Gasteiger partial charge in [0.2, 0.25) is 0 Å². The third-order valence-electron chi connectivity index (χ3n) is 3.98. The van der Waals surface area contributed by atoms with Crippen molar-refractivity contribution in [1.29, 1.82) is 0 Å². The van der Waals surface area contributed by atoms with Crippen molar-refractivity contribution in [1.82, 2.24) is 0 Å². The Morgan fingerprint density at radius 3 is 1.59 bits per heavy atom. The average Bonchev–Trinajstić information content (AvgIpc) is 2.62. The maximum Gasteiger partial charge on any atom is 1.00 e. The first kappa shape index (κ1) is 21.7. The zero-order chi connectivity index (χ0) is 18.9. The van der Waals surface area contributed by atoms with Crippen LogP contribution in [0, 0.1) is 0 Å². The number of hydrogen-bond acceptors (Lipinski definition) is 6. The minimum absolute atomic E-state index is 0. The van der Waals surface area contributed by atoms with Gasteiger partial charge in [-0.05, 0) is 60.7 Å². The fraction of sp³-hybridized carbons (Fsp3) is 0. The standard InChI is InChI=1S/C18H17N2O4PS.Na/c19-13-4-8-15(9-5-13)25(21,16-10-6-14(20)7-11-16)17-2-1-3-18(12-17)26(22,23)24;/h1-12H,19-20H2,(H,22,23,24);/q;+1/p-1. The summed E-state index contributed by atoms with van der Waals surface area (Å²) in [7, 11) is -8.10. The predicted molar refractivity (Wildman–Crippen MR) is 103 cm³/mol. The summed E-state index contributed by atoms with van der Waals surface area (Å²) < 4.78 is 48.3. The maximum absolute atomic E-state index is 14.1. The minimum Gasteiger partial charge on any atom is -0.744 e. The van der Waals surface area contributed by atoms with Crippen LogP contribution < -0.4 is 56.9 Å². The SMILES string of the molecule is Nc1ccc(P(=O)(c2ccc(N)cc2)c2cccc(S(=O)(=O)[O-])c2)cc1.[Na+]. The average molecular weight is 410 g/mol. The van der Waals surface area contributed by atoms with E-state index in [2.05, 4.69) is 0 Å². The van der Waals surface area contributed by atoms with Gasteiger partial charge in [-0.2, -0.15) is 0 Å². The summed E-state index contributed by atoms with van der Waals surface area (Å²) in [6, 6.07) is 18.3. The third kappa shape index (κ3) is 4.46. The Morgan fingerprint density at radius 1 is 0.741 bits per heavy atom. The predicted octanol–water partition coefficient (Wildman–Crippen LogP) is -1.60. The number of hydrogen-bond donors (Lipinski definition) is 2. The largest absolute Gasteiger partial charge is 1.00 e. The van der Waals surface area contributed by atoms with E-state index < -0.39 is 22.2 Å². The second kappa shape index (κ2) is 8.19. The van der Waals surface area contributed by atoms with Crippen LogP contribution in [0.5, 0.6) is 0 Å². The van der Waals surface area contributed by atoms with E-state index in [-0.39, 0.29) is 34.9 Å². The first-order chi connectivity index (χ1) is 12.2. The van der Waals surface area contributed by atoms with Crippen LogP contribution in [0.1, 0.15) is 0 Å². The van der Waals surface area contributed by atoms with Gasteiger partial charge in [0.25, 0.3) is 0 Å². The number of nitrogens with two attached hydrogens (primary N) is 2. The second-order valence-corrected chi connectivity index (χ2v) is 9.89. The third-order valence-corrected chi connectivity index (χ3v) is 7.87. The summed E-state index contributed by atoms with van der Waals surface area (Å²) in [6.45, 7) is 0. The molecule has 0 aliphatic rings. The van der Waals surface area contributed by atoms with Crippen LogP contribution in [0.3, 0.4) is 0 Å². The van der Waals surface area contributed by atoms with E-state index in [1.807, 2.05) is 0 Å². The normalized spacial score (nSPS) is 11.6. The molecule has 0 spiro atoms. The van der Waals surface area contributed by atoms with Crippen LogP contribution in [0.25, 0.3) is 0 Å². The van der Waals surface area contributed by atoms with Gasteiger partial charge in [-0.25, -0.2) is 8.42 Å². The van der Waals surface area contributed by atoms with E-state index in [1.54, 1.807) is 54.6 Å². The van der Waals surface area contributed by atoms with Gasteiger partial charge in [0.05, 0.1) is 4.90 Å². The van der Waals surface area contributed by atoms with E-state index in [0.29, 0.717) is 22.0 Å². The number of benzene rings is 3. The molecule has 0 saturated heterocycles. The van der Waals surface area contributed by atoms with Gasteiger partial charge in [0, 0.05) is 27.3 Å². The van der Waals surface area contributed by atoms with Crippen molar-refractivity contribution in [2.24, 2.45) is 0 Å². The molecule has 0 radical (unpaired) electrons. The molecule has 0 atom stereocenters. The van der Waals surface area contributed by atoms with Crippen LogP contribution >= 0.6 is 7.14 Å². The molecule has 0 fully saturated rings. The monoisotopic (exact) mass is 410 g/mol. The maximum atomic E-state index is 14.1. The molecule has 0 heterocycles. The van der Waals surface area contributed by atoms with E-state index in [9.17, 15) is 17.5 Å². The fourth-order valence-corrected chi connectivity index (χ4v) is 5.90. The summed E-state index contributed by atoms with van der Waals surface area (Å²) in [5, 5.41) is 1.18. The molecule has 0 unspecified atom stereocenters. The molecule has 0 saturated carbocycles. The van der Waals surface area contributed by atoms with E-state index in [0.717, 1.165) is 6.07 Å². The van der Waals surface area contributed by atoms with Gasteiger partial charge < -0.3 is 20.6 Å². The summed E-state index contributed by atoms with van der Waals surface area (Å²) in [6.07, 6.45) is 0. The van der Waals surface area contributed by atoms with Crippen LogP contribution in [0.4, 0.5) is 11.4 Å². The molecule has 4 N–H and O–H groups in total. The Morgan fingerprint density at radius 2 is 1.19 bits per heavy atom. The summed E-state index contributed by atoms with van der Waals surface area (Å²) in [5.41, 5.74) is 12.5. The molecule has 0 aliphatic heterocycles. The Bertz CT molecular complexity index is 1050. The van der Waals surface area contributed by atoms with Gasteiger partial charge in [0.1, 0.15) is 10.1 Å². The van der Waals surface area contributed by atoms with Crippen molar-refractivity contribution in [3.05, 3.63) is 72.8 Å². The van der Waals surface area contributed by atoms with E-state index >= 15 is 0 Å². The van der Waals surface area contributed by atoms with Crippen LogP contribution in [0.15, 0.2) is 77.7 Å². The Hall–Kier alpha value is -1.60. The van der Waals surface area contributed by atoms with Crippen molar-refractivity contribution in [2.75, 3.05) is 11.5 Å². The zero-order valence-corrected chi connectivity index (χ0v) is 18.3. The Kier molecular flexibility index (Phi) is 6.58. The van der Waals surface area contributed by atoms with E-state index in [1.165, 1.54) is 12.1 Å². The summed E-state index contributed by atoms with van der Waals surface area (Å²) >= 11 is 0. The Balaban J connectivity index is 0.00000261. The molecule has 0 aliphatic carbocycles. The van der Waals surface area contributed by atoms with Crippen LogP contribution in [0.2, 0.25) is 0 Å². The molecule has 0 bridgehead atoms. The smallest absolute Gasteiger partial charge is 0.744 e. The van der Waals surface area contributed by atoms with Crippen LogP contribution in [-0.2, 0) is 14.7 Å². The topological polar surface area (TPSA) is 126 Å². The molecule has 9 heteroatoms. The molecular weight excluding hydrogens is 394 g/mol. The molecule has 134 valence electrons. The van der Waals surface area contributed by atoms with E-state index in [4.69, 9.17) is 11.5 Å². The molecule has 3 aromatic rings. The van der Waals surface area contributed by atoms with Gasteiger partial charge in [-0.15, -0.1) is 0 Å². The van der Waals surface area contributed by atoms with Crippen molar-refractivity contribution in [2.45, 2.75) is 4.90 Å². The minimum atomic E-state index is -4.67. The molecule has 0 amide bonds. The Labute approximate surface area is 180 Å². The molecule has 3 rings (SSSR count). The van der Waals surface area contributed by atoms with Gasteiger partial charge in [-0.1, -0.05) is 12.1 Å². The fourth-order valence-electron chi connectivity index (χ4n) is 2.65. The van der Waals surface area contributed by atoms with Crippen molar-refractivity contribution in [3.63, 3.8) is 0 Å². The molecule has 0 aromatic heterocycles. The van der Waals surface area contributed by atoms with Gasteiger partial charge in [0.15, 0.2) is 7.14 Å². The number of anilines is 2. The number of nitrogen functional groups attached to an aromatic ring is 2. The number of rotatable bonds is 4. The van der Waals surface area contributed by atoms with Crippen molar-refractivity contribution < 1.29 is 47.1 Å². The van der Waals surface area contributed by atoms with Crippen molar-refractivity contribution in [3.8, 4) is 0 Å². The zero-order valence-electron chi connectivity index (χ0n) is 14.6. The molecule has 27 heavy (non-hydrogen) atoms. The van der Waals surface area contributed by atoms with Gasteiger partial charge in [-0.3, -0.25) is 0 Å². The first-order valence-electron chi connectivity index (χ1n) is 7.60. The molecular formula is C18H16N2NaO4PS.